The molecule has 2 rings (SSSR count). The molecule has 10 nitrogen and oxygen atoms in total. The molecule has 162 valence electrons. The number of ether oxygens (including phenoxy) is 1. The highest BCUT2D eigenvalue weighted by molar-refractivity contribution is 7.89. The van der Waals surface area contributed by atoms with Crippen molar-refractivity contribution >= 4 is 27.6 Å². The van der Waals surface area contributed by atoms with E-state index in [0.717, 1.165) is 6.07 Å². The summed E-state index contributed by atoms with van der Waals surface area (Å²) in [6, 6.07) is 8.23. The lowest BCUT2D eigenvalue weighted by Gasteiger charge is -2.18. The number of nitrogens with one attached hydrogen (secondary N) is 1. The van der Waals surface area contributed by atoms with Gasteiger partial charge in [-0.25, -0.2) is 8.42 Å². The molecule has 0 bridgehead atoms. The number of hydrogen-bond donors (Lipinski definition) is 2. The number of sulfonamides is 1. The molecule has 0 unspecified atom stereocenters. The molecule has 0 fully saturated rings. The van der Waals surface area contributed by atoms with Gasteiger partial charge in [0.15, 0.2) is 0 Å². The smallest absolute Gasteiger partial charge is 0.295 e. The van der Waals surface area contributed by atoms with Crippen molar-refractivity contribution in [1.29, 1.82) is 0 Å². The molecule has 0 saturated heterocycles. The second-order valence-corrected chi connectivity index (χ2v) is 7.99. The summed E-state index contributed by atoms with van der Waals surface area (Å²) < 4.78 is 31.7. The van der Waals surface area contributed by atoms with Crippen LogP contribution in [0.2, 0.25) is 0 Å². The van der Waals surface area contributed by atoms with E-state index in [9.17, 15) is 23.6 Å². The highest BCUT2D eigenvalue weighted by Crippen LogP contribution is 2.29. The van der Waals surface area contributed by atoms with Crippen LogP contribution in [0.5, 0.6) is 11.5 Å². The van der Waals surface area contributed by atoms with E-state index >= 15 is 0 Å². The number of rotatable bonds is 10. The Morgan fingerprint density at radius 1 is 1.20 bits per heavy atom. The third-order valence-corrected chi connectivity index (χ3v) is 6.26. The molecule has 0 aliphatic rings. The molecule has 2 N–H and O–H groups in total. The minimum absolute atomic E-state index is 0.0140. The van der Waals surface area contributed by atoms with Crippen molar-refractivity contribution in [3.8, 4) is 11.5 Å². The number of benzene rings is 2. The van der Waals surface area contributed by atoms with Gasteiger partial charge in [-0.2, -0.15) is 9.41 Å². The average Bonchev–Trinajstić information content (AvgIpc) is 2.70. The zero-order valence-corrected chi connectivity index (χ0v) is 17.7. The van der Waals surface area contributed by atoms with Crippen LogP contribution in [0.3, 0.4) is 0 Å². The van der Waals surface area contributed by atoms with Crippen LogP contribution >= 0.6 is 0 Å². The molecule has 0 aliphatic heterocycles. The lowest BCUT2D eigenvalue weighted by atomic mass is 10.2. The molecule has 30 heavy (non-hydrogen) atoms. The van der Waals surface area contributed by atoms with E-state index in [2.05, 4.69) is 10.5 Å². The first kappa shape index (κ1) is 23.1. The Labute approximate surface area is 175 Å². The molecule has 0 atom stereocenters. The summed E-state index contributed by atoms with van der Waals surface area (Å²) in [5.41, 5.74) is 2.47. The van der Waals surface area contributed by atoms with E-state index in [0.29, 0.717) is 17.9 Å². The van der Waals surface area contributed by atoms with E-state index < -0.39 is 20.6 Å². The van der Waals surface area contributed by atoms with Gasteiger partial charge in [-0.1, -0.05) is 13.8 Å². The molecule has 0 aliphatic carbocycles. The van der Waals surface area contributed by atoms with Gasteiger partial charge >= 0.3 is 0 Å². The van der Waals surface area contributed by atoms with Gasteiger partial charge in [-0.3, -0.25) is 15.5 Å². The predicted molar refractivity (Wildman–Crippen MR) is 114 cm³/mol. The zero-order valence-electron chi connectivity index (χ0n) is 16.9. The second kappa shape index (κ2) is 10.0. The molecule has 2 aromatic carbocycles. The maximum absolute atomic E-state index is 12.6. The maximum atomic E-state index is 12.6. The van der Waals surface area contributed by atoms with Crippen LogP contribution < -0.4 is 10.2 Å². The monoisotopic (exact) mass is 436 g/mol. The molecular weight excluding hydrogens is 412 g/mol. The second-order valence-electron chi connectivity index (χ2n) is 6.05. The lowest BCUT2D eigenvalue weighted by molar-refractivity contribution is -0.384. The summed E-state index contributed by atoms with van der Waals surface area (Å²) in [6.07, 6.45) is 1.29. The Kier molecular flexibility index (Phi) is 7.72. The number of anilines is 1. The minimum Gasteiger partial charge on any atom is -0.507 e. The van der Waals surface area contributed by atoms with Crippen molar-refractivity contribution in [2.75, 3.05) is 25.1 Å². The largest absolute Gasteiger partial charge is 0.507 e. The number of phenols is 1. The molecule has 2 aromatic rings. The Morgan fingerprint density at radius 3 is 2.47 bits per heavy atom. The van der Waals surface area contributed by atoms with Gasteiger partial charge < -0.3 is 9.84 Å². The number of nitro groups is 1. The fraction of sp³-hybridized carbons (Fsp3) is 0.316. The molecule has 0 saturated carbocycles. The van der Waals surface area contributed by atoms with Crippen LogP contribution in [-0.2, 0) is 10.0 Å². The molecule has 0 aromatic heterocycles. The van der Waals surface area contributed by atoms with E-state index in [-0.39, 0.29) is 29.4 Å². The van der Waals surface area contributed by atoms with Crippen molar-refractivity contribution in [3.05, 3.63) is 52.1 Å². The van der Waals surface area contributed by atoms with E-state index in [1.165, 1.54) is 28.7 Å². The SMILES string of the molecule is CCOc1ccc(C=NNc2ccc(S(=O)(=O)N(CC)CC)cc2[N+](=O)[O-])c(O)c1. The summed E-state index contributed by atoms with van der Waals surface area (Å²) >= 11 is 0. The third kappa shape index (κ3) is 5.24. The highest BCUT2D eigenvalue weighted by Gasteiger charge is 2.25. The predicted octanol–water partition coefficient (Wildman–Crippen LogP) is 3.18. The number of hydrogen-bond acceptors (Lipinski definition) is 8. The van der Waals surface area contributed by atoms with Crippen molar-refractivity contribution in [2.24, 2.45) is 5.10 Å². The zero-order chi connectivity index (χ0) is 22.3. The first-order chi connectivity index (χ1) is 14.2. The van der Waals surface area contributed by atoms with Crippen LogP contribution in [-0.4, -0.2) is 48.7 Å². The number of aromatic hydroxyl groups is 1. The number of nitrogens with zero attached hydrogens (tertiary/aromatic N) is 3. The Bertz CT molecular complexity index is 1040. The Morgan fingerprint density at radius 2 is 1.90 bits per heavy atom. The summed E-state index contributed by atoms with van der Waals surface area (Å²) in [4.78, 5) is 10.6. The van der Waals surface area contributed by atoms with Gasteiger partial charge in [0.2, 0.25) is 10.0 Å². The number of hydrazone groups is 1. The summed E-state index contributed by atoms with van der Waals surface area (Å²) in [6.45, 7) is 6.16. The van der Waals surface area contributed by atoms with Crippen LogP contribution in [0.15, 0.2) is 46.4 Å². The highest BCUT2D eigenvalue weighted by atomic mass is 32.2. The van der Waals surface area contributed by atoms with Gasteiger partial charge in [-0.05, 0) is 31.2 Å². The van der Waals surface area contributed by atoms with Crippen LogP contribution in [0, 0.1) is 10.1 Å². The van der Waals surface area contributed by atoms with Crippen molar-refractivity contribution in [1.82, 2.24) is 4.31 Å². The Balaban J connectivity index is 2.28. The molecule has 0 spiro atoms. The minimum atomic E-state index is -3.83. The van der Waals surface area contributed by atoms with Gasteiger partial charge in [0.1, 0.15) is 17.2 Å². The lowest BCUT2D eigenvalue weighted by Crippen LogP contribution is -2.30. The first-order valence-electron chi connectivity index (χ1n) is 9.28. The van der Waals surface area contributed by atoms with Crippen LogP contribution in [0.1, 0.15) is 26.3 Å². The molecule has 0 amide bonds. The van der Waals surface area contributed by atoms with Crippen molar-refractivity contribution in [2.45, 2.75) is 25.7 Å². The standard InChI is InChI=1S/C19H24N4O6S/c1-4-22(5-2)30(27,28)16-9-10-17(18(12-16)23(25)26)21-20-13-14-7-8-15(29-6-3)11-19(14)24/h7-13,21,24H,4-6H2,1-3H3. The molecule has 0 heterocycles. The van der Waals surface area contributed by atoms with Crippen LogP contribution in [0.4, 0.5) is 11.4 Å². The normalized spacial score (nSPS) is 11.7. The van der Waals surface area contributed by atoms with E-state index in [4.69, 9.17) is 4.74 Å². The molecular formula is C19H24N4O6S. The maximum Gasteiger partial charge on any atom is 0.295 e. The van der Waals surface area contributed by atoms with E-state index in [1.54, 1.807) is 26.0 Å². The fourth-order valence-corrected chi connectivity index (χ4v) is 4.17. The topological polar surface area (TPSA) is 134 Å². The molecule has 11 heteroatoms. The van der Waals surface area contributed by atoms with E-state index in [1.807, 2.05) is 6.92 Å². The first-order valence-corrected chi connectivity index (χ1v) is 10.7. The quantitative estimate of drug-likeness (QED) is 0.332. The Hall–Kier alpha value is -3.18. The third-order valence-electron chi connectivity index (χ3n) is 4.21. The van der Waals surface area contributed by atoms with Gasteiger partial charge in [0.05, 0.1) is 22.6 Å². The van der Waals surface area contributed by atoms with Gasteiger partial charge in [-0.15, -0.1) is 0 Å². The average molecular weight is 436 g/mol. The molecule has 0 radical (unpaired) electrons. The number of nitro benzene ring substituents is 1. The van der Waals surface area contributed by atoms with Gasteiger partial charge in [0, 0.05) is 30.8 Å². The van der Waals surface area contributed by atoms with Crippen molar-refractivity contribution < 1.29 is 23.2 Å². The summed E-state index contributed by atoms with van der Waals surface area (Å²) in [5, 5.41) is 25.4. The van der Waals surface area contributed by atoms with Crippen LogP contribution in [0.25, 0.3) is 0 Å². The number of phenolic OH excluding ortho intramolecular Hbond substituents is 1. The van der Waals surface area contributed by atoms with Gasteiger partial charge in [0.25, 0.3) is 5.69 Å². The van der Waals surface area contributed by atoms with Crippen molar-refractivity contribution in [3.63, 3.8) is 0 Å². The fourth-order valence-electron chi connectivity index (χ4n) is 2.69. The summed E-state index contributed by atoms with van der Waals surface area (Å²) in [5.74, 6) is 0.433. The summed E-state index contributed by atoms with van der Waals surface area (Å²) in [7, 11) is -3.83.